The molecule has 0 saturated carbocycles. The molecule has 0 aliphatic carbocycles. The number of halogens is 1. The van der Waals surface area contributed by atoms with Crippen LogP contribution in [0.25, 0.3) is 5.57 Å². The van der Waals surface area contributed by atoms with Crippen molar-refractivity contribution >= 4 is 50.8 Å². The van der Waals surface area contributed by atoms with Gasteiger partial charge >= 0.3 is 0 Å². The van der Waals surface area contributed by atoms with E-state index in [1.807, 2.05) is 23.7 Å². The van der Waals surface area contributed by atoms with Gasteiger partial charge in [-0.15, -0.1) is 0 Å². The van der Waals surface area contributed by atoms with Crippen LogP contribution in [0.5, 0.6) is 0 Å². The summed E-state index contributed by atoms with van der Waals surface area (Å²) in [5, 5.41) is 11.3. The molecule has 0 saturated heterocycles. The maximum absolute atomic E-state index is 12.0. The third-order valence-electron chi connectivity index (χ3n) is 2.67. The van der Waals surface area contributed by atoms with E-state index in [-0.39, 0.29) is 5.91 Å². The van der Waals surface area contributed by atoms with Gasteiger partial charge in [-0.1, -0.05) is 29.0 Å². The molecular weight excluding hydrogens is 314 g/mol. The molecular formula is C13H10ClN3OS2. The smallest absolute Gasteiger partial charge is 0.257 e. The van der Waals surface area contributed by atoms with E-state index in [9.17, 15) is 4.79 Å². The molecule has 20 heavy (non-hydrogen) atoms. The Balaban J connectivity index is 1.81. The fourth-order valence-electron chi connectivity index (χ4n) is 1.69. The minimum Gasteiger partial charge on any atom is -0.387 e. The van der Waals surface area contributed by atoms with E-state index in [4.69, 9.17) is 11.6 Å². The normalized spacial score (nSPS) is 13.8. The van der Waals surface area contributed by atoms with E-state index in [2.05, 4.69) is 15.6 Å². The molecule has 2 aromatic rings. The van der Waals surface area contributed by atoms with E-state index in [1.165, 1.54) is 22.7 Å². The van der Waals surface area contributed by atoms with Crippen LogP contribution >= 0.6 is 34.3 Å². The maximum Gasteiger partial charge on any atom is 0.257 e. The van der Waals surface area contributed by atoms with Crippen LogP contribution in [0, 0.1) is 0 Å². The van der Waals surface area contributed by atoms with E-state index in [1.54, 1.807) is 11.4 Å². The molecule has 3 rings (SSSR count). The first-order chi connectivity index (χ1) is 9.74. The summed E-state index contributed by atoms with van der Waals surface area (Å²) in [5.74, 6) is -0.168. The molecule has 0 bridgehead atoms. The van der Waals surface area contributed by atoms with Crippen molar-refractivity contribution < 1.29 is 4.79 Å². The SMILES string of the molecule is O=C(Nc1sc(C2=CC=CNC2)nc1Cl)c1ccsc1. The van der Waals surface area contributed by atoms with Crippen molar-refractivity contribution in [3.05, 3.63) is 50.9 Å². The molecule has 3 heterocycles. The zero-order valence-corrected chi connectivity index (χ0v) is 12.6. The fraction of sp³-hybridized carbons (Fsp3) is 0.0769. The van der Waals surface area contributed by atoms with E-state index in [0.29, 0.717) is 22.3 Å². The topological polar surface area (TPSA) is 54.0 Å². The van der Waals surface area contributed by atoms with E-state index < -0.39 is 0 Å². The number of thiophene rings is 1. The molecule has 0 fully saturated rings. The molecule has 0 spiro atoms. The number of carbonyl (C=O) groups excluding carboxylic acids is 1. The van der Waals surface area contributed by atoms with Crippen LogP contribution in [0.4, 0.5) is 5.00 Å². The summed E-state index contributed by atoms with van der Waals surface area (Å²) < 4.78 is 0. The number of dihydropyridines is 1. The van der Waals surface area contributed by atoms with Crippen molar-refractivity contribution in [3.63, 3.8) is 0 Å². The monoisotopic (exact) mass is 323 g/mol. The third kappa shape index (κ3) is 2.77. The fourth-order valence-corrected chi connectivity index (χ4v) is 3.50. The second-order valence-electron chi connectivity index (χ2n) is 4.04. The van der Waals surface area contributed by atoms with Gasteiger partial charge in [0.2, 0.25) is 0 Å². The number of anilines is 1. The Hall–Kier alpha value is -1.63. The number of carbonyl (C=O) groups is 1. The van der Waals surface area contributed by atoms with Crippen LogP contribution in [0.15, 0.2) is 35.2 Å². The van der Waals surface area contributed by atoms with Crippen LogP contribution in [-0.4, -0.2) is 17.4 Å². The van der Waals surface area contributed by atoms with Gasteiger partial charge in [-0.05, 0) is 23.7 Å². The van der Waals surface area contributed by atoms with Gasteiger partial charge in [0.25, 0.3) is 5.91 Å². The molecule has 4 nitrogen and oxygen atoms in total. The van der Waals surface area contributed by atoms with Crippen LogP contribution in [-0.2, 0) is 0 Å². The number of allylic oxidation sites excluding steroid dienone is 2. The third-order valence-corrected chi connectivity index (χ3v) is 4.79. The minimum absolute atomic E-state index is 0.168. The Morgan fingerprint density at radius 1 is 1.50 bits per heavy atom. The quantitative estimate of drug-likeness (QED) is 0.907. The lowest BCUT2D eigenvalue weighted by Crippen LogP contribution is -2.11. The average Bonchev–Trinajstić information content (AvgIpc) is 3.10. The predicted molar refractivity (Wildman–Crippen MR) is 84.5 cm³/mol. The predicted octanol–water partition coefficient (Wildman–Crippen LogP) is 3.61. The minimum atomic E-state index is -0.168. The number of hydrogen-bond donors (Lipinski definition) is 2. The van der Waals surface area contributed by atoms with Crippen molar-refractivity contribution in [2.45, 2.75) is 0 Å². The molecule has 0 radical (unpaired) electrons. The Labute approximate surface area is 128 Å². The summed E-state index contributed by atoms with van der Waals surface area (Å²) in [7, 11) is 0. The maximum atomic E-state index is 12.0. The largest absolute Gasteiger partial charge is 0.387 e. The first kappa shape index (κ1) is 13.4. The molecule has 1 aliphatic rings. The molecule has 102 valence electrons. The molecule has 0 aromatic carbocycles. The molecule has 2 N–H and O–H groups in total. The first-order valence-electron chi connectivity index (χ1n) is 5.83. The summed E-state index contributed by atoms with van der Waals surface area (Å²) >= 11 is 8.95. The van der Waals surface area contributed by atoms with Gasteiger partial charge in [-0.3, -0.25) is 4.79 Å². The molecule has 1 amide bonds. The second-order valence-corrected chi connectivity index (χ2v) is 6.17. The van der Waals surface area contributed by atoms with Gasteiger partial charge in [0.05, 0.1) is 5.56 Å². The molecule has 0 atom stereocenters. The number of nitrogens with zero attached hydrogens (tertiary/aromatic N) is 1. The summed E-state index contributed by atoms with van der Waals surface area (Å²) in [4.78, 5) is 16.3. The van der Waals surface area contributed by atoms with Gasteiger partial charge in [-0.2, -0.15) is 11.3 Å². The average molecular weight is 324 g/mol. The standard InChI is InChI=1S/C13H10ClN3OS2/c14-10-13(17-11(18)9-3-5-19-7-9)20-12(16-10)8-2-1-4-15-6-8/h1-5,7,15H,6H2,(H,17,18). The van der Waals surface area contributed by atoms with Crippen molar-refractivity contribution in [2.75, 3.05) is 11.9 Å². The van der Waals surface area contributed by atoms with Crippen molar-refractivity contribution in [2.24, 2.45) is 0 Å². The van der Waals surface area contributed by atoms with Crippen LogP contribution in [0.2, 0.25) is 5.15 Å². The Morgan fingerprint density at radius 3 is 3.10 bits per heavy atom. The number of rotatable bonds is 3. The van der Waals surface area contributed by atoms with Crippen molar-refractivity contribution in [1.82, 2.24) is 10.3 Å². The first-order valence-corrected chi connectivity index (χ1v) is 7.97. The van der Waals surface area contributed by atoms with Gasteiger partial charge in [0.1, 0.15) is 10.0 Å². The second kappa shape index (κ2) is 5.78. The highest BCUT2D eigenvalue weighted by Crippen LogP contribution is 2.33. The van der Waals surface area contributed by atoms with Crippen LogP contribution < -0.4 is 10.6 Å². The lowest BCUT2D eigenvalue weighted by Gasteiger charge is -2.06. The summed E-state index contributed by atoms with van der Waals surface area (Å²) in [6.45, 7) is 0.707. The molecule has 7 heteroatoms. The molecule has 0 unspecified atom stereocenters. The Kier molecular flexibility index (Phi) is 3.86. The van der Waals surface area contributed by atoms with E-state index >= 15 is 0 Å². The van der Waals surface area contributed by atoms with Crippen molar-refractivity contribution in [3.8, 4) is 0 Å². The number of hydrogen-bond acceptors (Lipinski definition) is 5. The highest BCUT2D eigenvalue weighted by Gasteiger charge is 2.16. The Morgan fingerprint density at radius 2 is 2.40 bits per heavy atom. The molecule has 2 aromatic heterocycles. The van der Waals surface area contributed by atoms with Crippen molar-refractivity contribution in [1.29, 1.82) is 0 Å². The van der Waals surface area contributed by atoms with Gasteiger partial charge in [0, 0.05) is 17.5 Å². The zero-order valence-electron chi connectivity index (χ0n) is 10.2. The van der Waals surface area contributed by atoms with Gasteiger partial charge in [0.15, 0.2) is 5.15 Å². The number of amides is 1. The van der Waals surface area contributed by atoms with Gasteiger partial charge < -0.3 is 10.6 Å². The van der Waals surface area contributed by atoms with Gasteiger partial charge in [-0.25, -0.2) is 4.98 Å². The highest BCUT2D eigenvalue weighted by molar-refractivity contribution is 7.17. The zero-order chi connectivity index (χ0) is 13.9. The number of nitrogens with one attached hydrogen (secondary N) is 2. The van der Waals surface area contributed by atoms with Crippen LogP contribution in [0.1, 0.15) is 15.4 Å². The van der Waals surface area contributed by atoms with Crippen LogP contribution in [0.3, 0.4) is 0 Å². The highest BCUT2D eigenvalue weighted by atomic mass is 35.5. The number of thiazole rings is 1. The number of aromatic nitrogens is 1. The lowest BCUT2D eigenvalue weighted by atomic mass is 10.2. The van der Waals surface area contributed by atoms with E-state index in [0.717, 1.165) is 10.6 Å². The summed E-state index contributed by atoms with van der Waals surface area (Å²) in [6, 6.07) is 1.77. The lowest BCUT2D eigenvalue weighted by molar-refractivity contribution is 0.102. The summed E-state index contributed by atoms with van der Waals surface area (Å²) in [5.41, 5.74) is 1.68. The Bertz CT molecular complexity index is 689. The molecule has 1 aliphatic heterocycles. The summed E-state index contributed by atoms with van der Waals surface area (Å²) in [6.07, 6.45) is 5.77.